The predicted octanol–water partition coefficient (Wildman–Crippen LogP) is 4.06. The molecule has 0 bridgehead atoms. The van der Waals surface area contributed by atoms with Crippen LogP contribution in [0.25, 0.3) is 11.4 Å². The van der Waals surface area contributed by atoms with Gasteiger partial charge in [-0.2, -0.15) is 0 Å². The maximum atomic E-state index is 12.7. The van der Waals surface area contributed by atoms with Gasteiger partial charge in [0.2, 0.25) is 0 Å². The van der Waals surface area contributed by atoms with E-state index in [-0.39, 0.29) is 18.0 Å². The van der Waals surface area contributed by atoms with E-state index in [0.29, 0.717) is 30.2 Å². The van der Waals surface area contributed by atoms with Crippen LogP contribution in [0.15, 0.2) is 66.0 Å². The molecular formula is C22H22ClN3O2. The Hall–Kier alpha value is -2.92. The van der Waals surface area contributed by atoms with Crippen molar-refractivity contribution in [3.05, 3.63) is 87.8 Å². The smallest absolute Gasteiger partial charge is 0.298 e. The fourth-order valence-electron chi connectivity index (χ4n) is 3.05. The van der Waals surface area contributed by atoms with E-state index in [2.05, 4.69) is 17.7 Å². The van der Waals surface area contributed by atoms with Gasteiger partial charge in [-0.3, -0.25) is 9.36 Å². The third kappa shape index (κ3) is 4.67. The van der Waals surface area contributed by atoms with Crippen LogP contribution in [0.5, 0.6) is 0 Å². The first-order valence-corrected chi connectivity index (χ1v) is 9.47. The minimum Gasteiger partial charge on any atom is -0.298 e. The van der Waals surface area contributed by atoms with Gasteiger partial charge < -0.3 is 0 Å². The van der Waals surface area contributed by atoms with Crippen LogP contribution >= 0.6 is 11.6 Å². The molecule has 0 aliphatic carbocycles. The molecule has 0 amide bonds. The van der Waals surface area contributed by atoms with E-state index < -0.39 is 0 Å². The van der Waals surface area contributed by atoms with Crippen molar-refractivity contribution in [1.29, 1.82) is 0 Å². The number of carbonyl (C=O) groups excluding carboxylic acids is 1. The standard InChI is InChI=1S/C22H22ClN3O2/c1-3-13-25-21(18-8-10-19(23)11-9-18)24-26(22(25)28)15-20(27)12-7-17-6-4-5-16(2)14-17/h3-6,8-11,14H,1,7,12-13,15H2,2H3. The molecule has 0 aliphatic rings. The van der Waals surface area contributed by atoms with Crippen LogP contribution in [0.1, 0.15) is 17.5 Å². The Morgan fingerprint density at radius 3 is 2.64 bits per heavy atom. The minimum absolute atomic E-state index is 0.0329. The Morgan fingerprint density at radius 1 is 1.21 bits per heavy atom. The lowest BCUT2D eigenvalue weighted by Gasteiger charge is -2.02. The van der Waals surface area contributed by atoms with E-state index in [1.54, 1.807) is 30.3 Å². The zero-order valence-electron chi connectivity index (χ0n) is 15.8. The molecule has 2 aromatic carbocycles. The topological polar surface area (TPSA) is 56.9 Å². The summed E-state index contributed by atoms with van der Waals surface area (Å²) in [6, 6.07) is 15.2. The lowest BCUT2D eigenvalue weighted by molar-refractivity contribution is -0.119. The highest BCUT2D eigenvalue weighted by Gasteiger charge is 2.16. The molecule has 28 heavy (non-hydrogen) atoms. The molecule has 3 aromatic rings. The van der Waals surface area contributed by atoms with Crippen LogP contribution < -0.4 is 5.69 Å². The first kappa shape index (κ1) is 19.8. The maximum absolute atomic E-state index is 12.7. The van der Waals surface area contributed by atoms with E-state index in [4.69, 9.17) is 11.6 Å². The van der Waals surface area contributed by atoms with Crippen molar-refractivity contribution in [2.45, 2.75) is 32.9 Å². The number of halogens is 1. The van der Waals surface area contributed by atoms with Crippen molar-refractivity contribution >= 4 is 17.4 Å². The van der Waals surface area contributed by atoms with Gasteiger partial charge in [0.15, 0.2) is 11.6 Å². The molecule has 0 unspecified atom stereocenters. The average Bonchev–Trinajstić information content (AvgIpc) is 2.97. The van der Waals surface area contributed by atoms with E-state index in [1.165, 1.54) is 9.25 Å². The first-order valence-electron chi connectivity index (χ1n) is 9.09. The highest BCUT2D eigenvalue weighted by Crippen LogP contribution is 2.19. The number of hydrogen-bond donors (Lipinski definition) is 0. The number of hydrogen-bond acceptors (Lipinski definition) is 3. The number of ketones is 1. The molecule has 0 saturated heterocycles. The van der Waals surface area contributed by atoms with Gasteiger partial charge in [0.1, 0.15) is 6.54 Å². The average molecular weight is 396 g/mol. The van der Waals surface area contributed by atoms with Gasteiger partial charge in [-0.05, 0) is 43.2 Å². The van der Waals surface area contributed by atoms with Crippen LogP contribution in [0, 0.1) is 6.92 Å². The Morgan fingerprint density at radius 2 is 1.96 bits per heavy atom. The summed E-state index contributed by atoms with van der Waals surface area (Å²) in [6.45, 7) is 5.99. The molecule has 3 rings (SSSR count). The molecule has 5 nitrogen and oxygen atoms in total. The molecule has 144 valence electrons. The molecule has 0 radical (unpaired) electrons. The predicted molar refractivity (Wildman–Crippen MR) is 112 cm³/mol. The summed E-state index contributed by atoms with van der Waals surface area (Å²) in [5.74, 6) is 0.461. The van der Waals surface area contributed by atoms with Gasteiger partial charge in [0.25, 0.3) is 0 Å². The van der Waals surface area contributed by atoms with E-state index in [9.17, 15) is 9.59 Å². The highest BCUT2D eigenvalue weighted by molar-refractivity contribution is 6.30. The number of allylic oxidation sites excluding steroid dienone is 1. The van der Waals surface area contributed by atoms with Gasteiger partial charge in [0, 0.05) is 23.6 Å². The normalized spacial score (nSPS) is 10.8. The van der Waals surface area contributed by atoms with Crippen molar-refractivity contribution < 1.29 is 4.79 Å². The summed E-state index contributed by atoms with van der Waals surface area (Å²) < 4.78 is 2.73. The number of rotatable bonds is 8. The quantitative estimate of drug-likeness (QED) is 0.540. The molecule has 0 N–H and O–H groups in total. The second-order valence-corrected chi connectivity index (χ2v) is 7.13. The third-order valence-electron chi connectivity index (χ3n) is 4.44. The van der Waals surface area contributed by atoms with E-state index in [1.807, 2.05) is 25.1 Å². The van der Waals surface area contributed by atoms with Crippen molar-refractivity contribution in [2.75, 3.05) is 0 Å². The Balaban J connectivity index is 1.78. The SMILES string of the molecule is C=CCn1c(-c2ccc(Cl)cc2)nn(CC(=O)CCc2cccc(C)c2)c1=O. The number of aryl methyl sites for hydroxylation is 2. The van der Waals surface area contributed by atoms with Crippen LogP contribution in [0.3, 0.4) is 0 Å². The summed E-state index contributed by atoms with van der Waals surface area (Å²) >= 11 is 5.95. The Kier molecular flexibility index (Phi) is 6.26. The largest absolute Gasteiger partial charge is 0.346 e. The Labute approximate surface area is 168 Å². The second-order valence-electron chi connectivity index (χ2n) is 6.70. The molecule has 0 aliphatic heterocycles. The summed E-state index contributed by atoms with van der Waals surface area (Å²) in [6.07, 6.45) is 2.64. The van der Waals surface area contributed by atoms with Crippen LogP contribution in [0.2, 0.25) is 5.02 Å². The fourth-order valence-corrected chi connectivity index (χ4v) is 3.17. The molecular weight excluding hydrogens is 374 g/mol. The molecule has 0 atom stereocenters. The number of nitrogens with zero attached hydrogens (tertiary/aromatic N) is 3. The zero-order valence-corrected chi connectivity index (χ0v) is 16.5. The van der Waals surface area contributed by atoms with Crippen molar-refractivity contribution in [3.8, 4) is 11.4 Å². The lowest BCUT2D eigenvalue weighted by Crippen LogP contribution is -2.27. The second kappa shape index (κ2) is 8.85. The number of carbonyl (C=O) groups is 1. The zero-order chi connectivity index (χ0) is 20.1. The molecule has 0 fully saturated rings. The van der Waals surface area contributed by atoms with Crippen LogP contribution in [-0.4, -0.2) is 20.1 Å². The van der Waals surface area contributed by atoms with E-state index in [0.717, 1.165) is 16.7 Å². The number of benzene rings is 2. The first-order chi connectivity index (χ1) is 13.5. The summed E-state index contributed by atoms with van der Waals surface area (Å²) in [5, 5.41) is 5.00. The van der Waals surface area contributed by atoms with Crippen LogP contribution in [0.4, 0.5) is 0 Å². The Bertz CT molecular complexity index is 1050. The molecule has 1 heterocycles. The van der Waals surface area contributed by atoms with Gasteiger partial charge in [-0.1, -0.05) is 47.5 Å². The summed E-state index contributed by atoms with van der Waals surface area (Å²) in [4.78, 5) is 25.1. The third-order valence-corrected chi connectivity index (χ3v) is 4.69. The van der Waals surface area contributed by atoms with Gasteiger partial charge in [-0.15, -0.1) is 11.7 Å². The summed E-state index contributed by atoms with van der Waals surface area (Å²) in [7, 11) is 0. The van der Waals surface area contributed by atoms with Crippen molar-refractivity contribution in [2.24, 2.45) is 0 Å². The number of aromatic nitrogens is 3. The number of Topliss-reactive ketones (excluding diaryl/α,β-unsaturated/α-hetero) is 1. The molecule has 1 aromatic heterocycles. The molecule has 6 heteroatoms. The minimum atomic E-state index is -0.325. The lowest BCUT2D eigenvalue weighted by atomic mass is 10.1. The van der Waals surface area contributed by atoms with Gasteiger partial charge >= 0.3 is 5.69 Å². The maximum Gasteiger partial charge on any atom is 0.346 e. The summed E-state index contributed by atoms with van der Waals surface area (Å²) in [5.41, 5.74) is 2.71. The van der Waals surface area contributed by atoms with Gasteiger partial charge in [-0.25, -0.2) is 9.48 Å². The van der Waals surface area contributed by atoms with Crippen molar-refractivity contribution in [1.82, 2.24) is 14.3 Å². The van der Waals surface area contributed by atoms with Crippen LogP contribution in [-0.2, 0) is 24.3 Å². The molecule has 0 spiro atoms. The molecule has 0 saturated carbocycles. The van der Waals surface area contributed by atoms with Gasteiger partial charge in [0.05, 0.1) is 0 Å². The van der Waals surface area contributed by atoms with Crippen molar-refractivity contribution in [3.63, 3.8) is 0 Å². The van der Waals surface area contributed by atoms with E-state index >= 15 is 0 Å². The monoisotopic (exact) mass is 395 g/mol. The fraction of sp³-hybridized carbons (Fsp3) is 0.227. The highest BCUT2D eigenvalue weighted by atomic mass is 35.5.